The lowest BCUT2D eigenvalue weighted by atomic mass is 9.91. The molecule has 2 heterocycles. The van der Waals surface area contributed by atoms with Crippen LogP contribution >= 0.6 is 12.4 Å². The zero-order chi connectivity index (χ0) is 12.6. The molecule has 0 aromatic carbocycles. The molecule has 0 aromatic heterocycles. The molecule has 0 aromatic rings. The normalized spacial score (nSPS) is 32.1. The highest BCUT2D eigenvalue weighted by molar-refractivity contribution is 5.90. The van der Waals surface area contributed by atoms with Crippen LogP contribution in [0.3, 0.4) is 0 Å². The van der Waals surface area contributed by atoms with Gasteiger partial charge in [-0.25, -0.2) is 0 Å². The first kappa shape index (κ1) is 14.6. The Hall–Kier alpha value is -0.810. The molecule has 3 aliphatic rings. The van der Waals surface area contributed by atoms with E-state index in [0.717, 1.165) is 51.7 Å². The quantitative estimate of drug-likeness (QED) is 0.679. The van der Waals surface area contributed by atoms with Crippen molar-refractivity contribution in [3.05, 3.63) is 0 Å². The average Bonchev–Trinajstić information content (AvgIpc) is 3.07. The number of carbonyl (C=O) groups excluding carboxylic acids is 2. The molecule has 0 bridgehead atoms. The van der Waals surface area contributed by atoms with Gasteiger partial charge in [-0.2, -0.15) is 0 Å². The molecule has 2 saturated heterocycles. The minimum absolute atomic E-state index is 0. The highest BCUT2D eigenvalue weighted by Crippen LogP contribution is 2.58. The maximum absolute atomic E-state index is 12.2. The monoisotopic (exact) mass is 287 g/mol. The van der Waals surface area contributed by atoms with E-state index in [1.165, 1.54) is 0 Å². The number of rotatable bonds is 2. The fourth-order valence-corrected chi connectivity index (χ4v) is 3.38. The predicted octanol–water partition coefficient (Wildman–Crippen LogP) is 0.193. The first-order valence-electron chi connectivity index (χ1n) is 7.00. The van der Waals surface area contributed by atoms with E-state index in [-0.39, 0.29) is 41.6 Å². The number of hydrogen-bond acceptors (Lipinski definition) is 3. The molecule has 3 fully saturated rings. The molecule has 108 valence electrons. The summed E-state index contributed by atoms with van der Waals surface area (Å²) in [6.45, 7) is 2.78. The van der Waals surface area contributed by atoms with E-state index in [1.807, 2.05) is 0 Å². The lowest BCUT2D eigenvalue weighted by molar-refractivity contribution is -0.131. The second-order valence-electron chi connectivity index (χ2n) is 5.86. The summed E-state index contributed by atoms with van der Waals surface area (Å²) in [7, 11) is 0. The summed E-state index contributed by atoms with van der Waals surface area (Å²) in [6, 6.07) is -0.300. The van der Waals surface area contributed by atoms with Gasteiger partial charge in [-0.1, -0.05) is 0 Å². The smallest absolute Gasteiger partial charge is 0.242 e. The van der Waals surface area contributed by atoms with Gasteiger partial charge in [0.25, 0.3) is 0 Å². The van der Waals surface area contributed by atoms with Gasteiger partial charge in [0.15, 0.2) is 0 Å². The number of amides is 2. The second-order valence-corrected chi connectivity index (χ2v) is 5.86. The van der Waals surface area contributed by atoms with Crippen LogP contribution in [0.1, 0.15) is 32.1 Å². The Balaban J connectivity index is 0.00000133. The zero-order valence-electron chi connectivity index (χ0n) is 11.0. The largest absolute Gasteiger partial charge is 0.354 e. The van der Waals surface area contributed by atoms with Crippen molar-refractivity contribution >= 4 is 24.2 Å². The third-order valence-corrected chi connectivity index (χ3v) is 4.71. The summed E-state index contributed by atoms with van der Waals surface area (Å²) in [4.78, 5) is 23.8. The Bertz CT molecular complexity index is 369. The summed E-state index contributed by atoms with van der Waals surface area (Å²) < 4.78 is 0. The van der Waals surface area contributed by atoms with Crippen molar-refractivity contribution in [2.75, 3.05) is 19.6 Å². The molecule has 2 unspecified atom stereocenters. The summed E-state index contributed by atoms with van der Waals surface area (Å²) >= 11 is 0. The summed E-state index contributed by atoms with van der Waals surface area (Å²) in [6.07, 6.45) is 4.94. The molecule has 0 radical (unpaired) electrons. The Labute approximate surface area is 119 Å². The van der Waals surface area contributed by atoms with Gasteiger partial charge in [-0.15, -0.1) is 12.4 Å². The molecule has 5 nitrogen and oxygen atoms in total. The fraction of sp³-hybridized carbons (Fsp3) is 0.846. The minimum Gasteiger partial charge on any atom is -0.354 e. The van der Waals surface area contributed by atoms with Gasteiger partial charge in [0.05, 0.1) is 0 Å². The summed E-state index contributed by atoms with van der Waals surface area (Å²) in [5.41, 5.74) is 0.250. The number of piperidine rings is 2. The molecule has 3 N–H and O–H groups in total. The van der Waals surface area contributed by atoms with Crippen molar-refractivity contribution in [2.45, 2.75) is 38.1 Å². The van der Waals surface area contributed by atoms with Gasteiger partial charge >= 0.3 is 0 Å². The molecule has 6 heteroatoms. The van der Waals surface area contributed by atoms with Gasteiger partial charge in [-0.05, 0) is 50.6 Å². The zero-order valence-corrected chi connectivity index (χ0v) is 11.9. The van der Waals surface area contributed by atoms with Crippen LogP contribution in [0.5, 0.6) is 0 Å². The van der Waals surface area contributed by atoms with Crippen molar-refractivity contribution in [1.29, 1.82) is 0 Å². The second kappa shape index (κ2) is 5.67. The van der Waals surface area contributed by atoms with Crippen molar-refractivity contribution in [1.82, 2.24) is 16.0 Å². The first-order valence-corrected chi connectivity index (χ1v) is 7.00. The van der Waals surface area contributed by atoms with Crippen LogP contribution in [-0.4, -0.2) is 37.5 Å². The van der Waals surface area contributed by atoms with Crippen LogP contribution < -0.4 is 16.0 Å². The first-order chi connectivity index (χ1) is 8.71. The van der Waals surface area contributed by atoms with Crippen molar-refractivity contribution in [3.8, 4) is 0 Å². The molecule has 2 amide bonds. The standard InChI is InChI=1S/C13H21N3O2.ClH/c17-11(16-10-2-1-5-15-12(10)18)9-8-13(9)3-6-14-7-4-13;/h9-10,14H,1-8H2,(H,15,18)(H,16,17);1H. The number of carbonyl (C=O) groups is 2. The van der Waals surface area contributed by atoms with Gasteiger partial charge in [0, 0.05) is 12.5 Å². The van der Waals surface area contributed by atoms with Crippen LogP contribution in [-0.2, 0) is 9.59 Å². The fourth-order valence-electron chi connectivity index (χ4n) is 3.38. The van der Waals surface area contributed by atoms with Crippen molar-refractivity contribution in [2.24, 2.45) is 11.3 Å². The van der Waals surface area contributed by atoms with Gasteiger partial charge in [-0.3, -0.25) is 9.59 Å². The third-order valence-electron chi connectivity index (χ3n) is 4.71. The lowest BCUT2D eigenvalue weighted by Crippen LogP contribution is -2.51. The third kappa shape index (κ3) is 2.87. The van der Waals surface area contributed by atoms with E-state index in [4.69, 9.17) is 0 Å². The number of halogens is 1. The highest BCUT2D eigenvalue weighted by atomic mass is 35.5. The van der Waals surface area contributed by atoms with Crippen LogP contribution in [0.15, 0.2) is 0 Å². The van der Waals surface area contributed by atoms with E-state index < -0.39 is 0 Å². The number of hydrogen-bond donors (Lipinski definition) is 3. The lowest BCUT2D eigenvalue weighted by Gasteiger charge is -2.25. The van der Waals surface area contributed by atoms with Crippen LogP contribution in [0, 0.1) is 11.3 Å². The summed E-state index contributed by atoms with van der Waals surface area (Å²) in [5.74, 6) is 0.225. The predicted molar refractivity (Wildman–Crippen MR) is 74.1 cm³/mol. The topological polar surface area (TPSA) is 70.2 Å². The van der Waals surface area contributed by atoms with Gasteiger partial charge < -0.3 is 16.0 Å². The van der Waals surface area contributed by atoms with E-state index >= 15 is 0 Å². The number of nitrogens with one attached hydrogen (secondary N) is 3. The van der Waals surface area contributed by atoms with E-state index in [9.17, 15) is 9.59 Å². The molecule has 1 aliphatic carbocycles. The molecule has 2 atom stereocenters. The molecule has 1 spiro atoms. The average molecular weight is 288 g/mol. The molecule has 2 aliphatic heterocycles. The van der Waals surface area contributed by atoms with Crippen molar-refractivity contribution in [3.63, 3.8) is 0 Å². The maximum atomic E-state index is 12.2. The Morgan fingerprint density at radius 2 is 2.00 bits per heavy atom. The SMILES string of the molecule is Cl.O=C1NCCCC1NC(=O)C1CC12CCNCC2. The van der Waals surface area contributed by atoms with Crippen molar-refractivity contribution < 1.29 is 9.59 Å². The highest BCUT2D eigenvalue weighted by Gasteiger charge is 2.57. The van der Waals surface area contributed by atoms with Gasteiger partial charge in [0.1, 0.15) is 6.04 Å². The Morgan fingerprint density at radius 1 is 1.26 bits per heavy atom. The Kier molecular flexibility index (Phi) is 4.36. The van der Waals surface area contributed by atoms with Crippen LogP contribution in [0.25, 0.3) is 0 Å². The van der Waals surface area contributed by atoms with E-state index in [1.54, 1.807) is 0 Å². The summed E-state index contributed by atoms with van der Waals surface area (Å²) in [5, 5.41) is 9.07. The van der Waals surface area contributed by atoms with E-state index in [2.05, 4.69) is 16.0 Å². The van der Waals surface area contributed by atoms with Gasteiger partial charge in [0.2, 0.25) is 11.8 Å². The van der Waals surface area contributed by atoms with Crippen LogP contribution in [0.2, 0.25) is 0 Å². The Morgan fingerprint density at radius 3 is 2.68 bits per heavy atom. The van der Waals surface area contributed by atoms with Crippen LogP contribution in [0.4, 0.5) is 0 Å². The molecular weight excluding hydrogens is 266 g/mol. The molecular formula is C13H22ClN3O2. The minimum atomic E-state index is -0.300. The molecule has 1 saturated carbocycles. The molecule has 19 heavy (non-hydrogen) atoms. The van der Waals surface area contributed by atoms with E-state index in [0.29, 0.717) is 0 Å². The molecule has 3 rings (SSSR count). The maximum Gasteiger partial charge on any atom is 0.242 e.